The van der Waals surface area contributed by atoms with Crippen LogP contribution in [0, 0.1) is 0 Å². The van der Waals surface area contributed by atoms with Crippen LogP contribution in [0.5, 0.6) is 0 Å². The second-order valence-electron chi connectivity index (χ2n) is 4.64. The standard InChI is InChI=1S/C17H15N3/c18-14-8-7-13(16(19)11-14)6-5-12-9-10-20-17-4-2-1-3-15(12)17/h1-11H,18-19H2/b6-5-. The number of para-hydroxylation sites is 1. The molecule has 1 aromatic heterocycles. The van der Waals surface area contributed by atoms with E-state index in [0.717, 1.165) is 22.0 Å². The lowest BCUT2D eigenvalue weighted by atomic mass is 10.1. The number of aromatic nitrogens is 1. The highest BCUT2D eigenvalue weighted by Crippen LogP contribution is 2.21. The summed E-state index contributed by atoms with van der Waals surface area (Å²) in [5.74, 6) is 0. The van der Waals surface area contributed by atoms with Gasteiger partial charge in [0.25, 0.3) is 0 Å². The van der Waals surface area contributed by atoms with Gasteiger partial charge in [-0.25, -0.2) is 0 Å². The van der Waals surface area contributed by atoms with Gasteiger partial charge in [-0.15, -0.1) is 0 Å². The van der Waals surface area contributed by atoms with Crippen molar-refractivity contribution < 1.29 is 0 Å². The number of hydrogen-bond acceptors (Lipinski definition) is 3. The Morgan fingerprint density at radius 2 is 1.65 bits per heavy atom. The topological polar surface area (TPSA) is 64.9 Å². The van der Waals surface area contributed by atoms with Gasteiger partial charge in [0.15, 0.2) is 0 Å². The molecule has 0 aliphatic heterocycles. The first kappa shape index (κ1) is 12.2. The van der Waals surface area contributed by atoms with Crippen molar-refractivity contribution in [3.63, 3.8) is 0 Å². The Labute approximate surface area is 117 Å². The van der Waals surface area contributed by atoms with Gasteiger partial charge in [-0.3, -0.25) is 4.98 Å². The number of fused-ring (bicyclic) bond motifs is 1. The fourth-order valence-electron chi connectivity index (χ4n) is 2.19. The summed E-state index contributed by atoms with van der Waals surface area (Å²) >= 11 is 0. The summed E-state index contributed by atoms with van der Waals surface area (Å²) in [6.45, 7) is 0. The van der Waals surface area contributed by atoms with Crippen LogP contribution in [0.4, 0.5) is 11.4 Å². The van der Waals surface area contributed by atoms with Gasteiger partial charge in [-0.2, -0.15) is 0 Å². The van der Waals surface area contributed by atoms with E-state index in [9.17, 15) is 0 Å². The summed E-state index contributed by atoms with van der Waals surface area (Å²) in [7, 11) is 0. The minimum absolute atomic E-state index is 0.675. The summed E-state index contributed by atoms with van der Waals surface area (Å²) in [6, 6.07) is 15.6. The SMILES string of the molecule is Nc1ccc(/C=C\c2ccnc3ccccc23)c(N)c1. The summed E-state index contributed by atoms with van der Waals surface area (Å²) in [4.78, 5) is 4.35. The molecule has 3 heteroatoms. The Morgan fingerprint density at radius 1 is 0.850 bits per heavy atom. The molecule has 0 fully saturated rings. The summed E-state index contributed by atoms with van der Waals surface area (Å²) in [5.41, 5.74) is 16.1. The van der Waals surface area contributed by atoms with Gasteiger partial charge in [0.05, 0.1) is 5.52 Å². The maximum atomic E-state index is 5.95. The molecular weight excluding hydrogens is 246 g/mol. The third-order valence-electron chi connectivity index (χ3n) is 3.24. The normalized spacial score (nSPS) is 11.2. The average Bonchev–Trinajstić information content (AvgIpc) is 2.46. The number of hydrogen-bond donors (Lipinski definition) is 2. The van der Waals surface area contributed by atoms with Gasteiger partial charge in [0.1, 0.15) is 0 Å². The maximum absolute atomic E-state index is 5.95. The molecule has 0 spiro atoms. The minimum Gasteiger partial charge on any atom is -0.399 e. The molecule has 0 saturated carbocycles. The highest BCUT2D eigenvalue weighted by Gasteiger charge is 1.99. The predicted octanol–water partition coefficient (Wildman–Crippen LogP) is 3.57. The van der Waals surface area contributed by atoms with Gasteiger partial charge in [-0.05, 0) is 35.4 Å². The molecule has 0 atom stereocenters. The van der Waals surface area contributed by atoms with Crippen LogP contribution in [0.3, 0.4) is 0 Å². The molecule has 0 bridgehead atoms. The summed E-state index contributed by atoms with van der Waals surface area (Å²) in [6.07, 6.45) is 5.86. The van der Waals surface area contributed by atoms with Crippen molar-refractivity contribution in [2.75, 3.05) is 11.5 Å². The first-order chi connectivity index (χ1) is 9.74. The van der Waals surface area contributed by atoms with Gasteiger partial charge in [-0.1, -0.05) is 36.4 Å². The predicted molar refractivity (Wildman–Crippen MR) is 85.9 cm³/mol. The van der Waals surface area contributed by atoms with E-state index in [1.54, 1.807) is 6.07 Å². The van der Waals surface area contributed by atoms with Crippen molar-refractivity contribution in [1.29, 1.82) is 0 Å². The van der Waals surface area contributed by atoms with E-state index in [-0.39, 0.29) is 0 Å². The Bertz CT molecular complexity index is 786. The van der Waals surface area contributed by atoms with Crippen LogP contribution in [0.1, 0.15) is 11.1 Å². The highest BCUT2D eigenvalue weighted by molar-refractivity contribution is 5.91. The number of nitrogen functional groups attached to an aromatic ring is 2. The van der Waals surface area contributed by atoms with Crippen LogP contribution in [0.15, 0.2) is 54.7 Å². The largest absolute Gasteiger partial charge is 0.399 e. The van der Waals surface area contributed by atoms with E-state index in [4.69, 9.17) is 11.5 Å². The van der Waals surface area contributed by atoms with Crippen LogP contribution < -0.4 is 11.5 Å². The molecule has 0 radical (unpaired) electrons. The number of benzene rings is 2. The monoisotopic (exact) mass is 261 g/mol. The molecule has 0 saturated heterocycles. The molecule has 0 aliphatic rings. The van der Waals surface area contributed by atoms with E-state index in [1.807, 2.05) is 54.7 Å². The second-order valence-corrected chi connectivity index (χ2v) is 4.64. The fourth-order valence-corrected chi connectivity index (χ4v) is 2.19. The van der Waals surface area contributed by atoms with E-state index < -0.39 is 0 Å². The lowest BCUT2D eigenvalue weighted by molar-refractivity contribution is 1.41. The van der Waals surface area contributed by atoms with Gasteiger partial charge in [0, 0.05) is 23.0 Å². The lowest BCUT2D eigenvalue weighted by Gasteiger charge is -2.03. The molecule has 20 heavy (non-hydrogen) atoms. The molecule has 0 amide bonds. The molecule has 2 aromatic carbocycles. The fraction of sp³-hybridized carbons (Fsp3) is 0. The number of rotatable bonds is 2. The van der Waals surface area contributed by atoms with Crippen LogP contribution in [-0.2, 0) is 0 Å². The maximum Gasteiger partial charge on any atom is 0.0707 e. The molecule has 98 valence electrons. The Morgan fingerprint density at radius 3 is 2.50 bits per heavy atom. The van der Waals surface area contributed by atoms with E-state index in [1.165, 1.54) is 0 Å². The van der Waals surface area contributed by atoms with E-state index in [2.05, 4.69) is 11.1 Å². The van der Waals surface area contributed by atoms with Crippen LogP contribution in [0.25, 0.3) is 23.1 Å². The van der Waals surface area contributed by atoms with Crippen molar-refractivity contribution in [3.8, 4) is 0 Å². The third kappa shape index (κ3) is 2.34. The van der Waals surface area contributed by atoms with Crippen molar-refractivity contribution >= 4 is 34.4 Å². The molecule has 0 aliphatic carbocycles. The average molecular weight is 261 g/mol. The molecule has 3 nitrogen and oxygen atoms in total. The van der Waals surface area contributed by atoms with Crippen molar-refractivity contribution in [2.45, 2.75) is 0 Å². The summed E-state index contributed by atoms with van der Waals surface area (Å²) in [5, 5.41) is 1.13. The molecule has 1 heterocycles. The molecule has 4 N–H and O–H groups in total. The van der Waals surface area contributed by atoms with E-state index in [0.29, 0.717) is 11.4 Å². The zero-order valence-corrected chi connectivity index (χ0v) is 11.0. The zero-order valence-electron chi connectivity index (χ0n) is 11.0. The molecule has 3 aromatic rings. The zero-order chi connectivity index (χ0) is 13.9. The Hall–Kier alpha value is -2.81. The van der Waals surface area contributed by atoms with Crippen molar-refractivity contribution in [3.05, 3.63) is 65.9 Å². The highest BCUT2D eigenvalue weighted by atomic mass is 14.6. The first-order valence-corrected chi connectivity index (χ1v) is 6.41. The quantitative estimate of drug-likeness (QED) is 0.693. The number of nitrogens with zero attached hydrogens (tertiary/aromatic N) is 1. The third-order valence-corrected chi connectivity index (χ3v) is 3.24. The van der Waals surface area contributed by atoms with Crippen LogP contribution in [-0.4, -0.2) is 4.98 Å². The van der Waals surface area contributed by atoms with Gasteiger partial charge < -0.3 is 11.5 Å². The first-order valence-electron chi connectivity index (χ1n) is 6.41. The van der Waals surface area contributed by atoms with Crippen LogP contribution >= 0.6 is 0 Å². The van der Waals surface area contributed by atoms with Crippen molar-refractivity contribution in [2.24, 2.45) is 0 Å². The molecule has 3 rings (SSSR count). The number of nitrogens with two attached hydrogens (primary N) is 2. The molecule has 0 unspecified atom stereocenters. The molecular formula is C17H15N3. The minimum atomic E-state index is 0.675. The van der Waals surface area contributed by atoms with Gasteiger partial charge >= 0.3 is 0 Å². The Kier molecular flexibility index (Phi) is 3.09. The Balaban J connectivity index is 2.02. The lowest BCUT2D eigenvalue weighted by Crippen LogP contribution is -1.92. The number of pyridine rings is 1. The smallest absolute Gasteiger partial charge is 0.0707 e. The van der Waals surface area contributed by atoms with E-state index >= 15 is 0 Å². The number of anilines is 2. The second kappa shape index (κ2) is 5.05. The van der Waals surface area contributed by atoms with Crippen molar-refractivity contribution in [1.82, 2.24) is 4.98 Å². The summed E-state index contributed by atoms with van der Waals surface area (Å²) < 4.78 is 0. The van der Waals surface area contributed by atoms with Gasteiger partial charge in [0.2, 0.25) is 0 Å². The van der Waals surface area contributed by atoms with Crippen LogP contribution in [0.2, 0.25) is 0 Å².